The molecule has 6 heteroatoms. The van der Waals surface area contributed by atoms with Gasteiger partial charge in [0.25, 0.3) is 0 Å². The van der Waals surface area contributed by atoms with Crippen molar-refractivity contribution < 1.29 is 9.52 Å². The highest BCUT2D eigenvalue weighted by molar-refractivity contribution is 6.30. The molecule has 0 unspecified atom stereocenters. The number of aromatic hydroxyl groups is 1. The zero-order valence-electron chi connectivity index (χ0n) is 11.0. The minimum Gasteiger partial charge on any atom is -0.508 e. The van der Waals surface area contributed by atoms with Gasteiger partial charge in [-0.2, -0.15) is 0 Å². The largest absolute Gasteiger partial charge is 0.508 e. The van der Waals surface area contributed by atoms with Crippen LogP contribution in [0.4, 0.5) is 5.69 Å². The summed E-state index contributed by atoms with van der Waals surface area (Å²) < 4.78 is 5.16. The lowest BCUT2D eigenvalue weighted by Crippen LogP contribution is -1.99. The molecule has 0 bridgehead atoms. The lowest BCUT2D eigenvalue weighted by molar-refractivity contribution is 0.469. The Hall–Kier alpha value is -2.53. The zero-order valence-corrected chi connectivity index (χ0v) is 11.7. The number of rotatable bonds is 4. The first-order chi connectivity index (χ1) is 10.2. The van der Waals surface area contributed by atoms with Crippen LogP contribution in [0.2, 0.25) is 5.02 Å². The third-order valence-corrected chi connectivity index (χ3v) is 3.23. The molecule has 0 aliphatic rings. The second-order valence-electron chi connectivity index (χ2n) is 4.45. The van der Waals surface area contributed by atoms with Crippen molar-refractivity contribution in [2.45, 2.75) is 6.54 Å². The topological polar surface area (TPSA) is 71.2 Å². The van der Waals surface area contributed by atoms with E-state index in [1.54, 1.807) is 18.2 Å². The number of benzene rings is 2. The Morgan fingerprint density at radius 2 is 2.10 bits per heavy atom. The Bertz CT molecular complexity index is 744. The lowest BCUT2D eigenvalue weighted by Gasteiger charge is -2.09. The summed E-state index contributed by atoms with van der Waals surface area (Å²) in [4.78, 5) is 0. The Morgan fingerprint density at radius 1 is 1.19 bits per heavy atom. The number of anilines is 1. The van der Waals surface area contributed by atoms with E-state index in [4.69, 9.17) is 16.0 Å². The number of halogens is 1. The zero-order chi connectivity index (χ0) is 14.7. The Kier molecular flexibility index (Phi) is 3.75. The van der Waals surface area contributed by atoms with E-state index in [0.29, 0.717) is 17.5 Å². The minimum absolute atomic E-state index is 0.208. The summed E-state index contributed by atoms with van der Waals surface area (Å²) in [6, 6.07) is 12.5. The number of nitrogens with one attached hydrogen (secondary N) is 1. The fourth-order valence-electron chi connectivity index (χ4n) is 1.95. The highest BCUT2D eigenvalue weighted by Gasteiger charge is 2.05. The molecule has 2 aromatic carbocycles. The van der Waals surface area contributed by atoms with Gasteiger partial charge in [0, 0.05) is 28.4 Å². The Morgan fingerprint density at radius 3 is 2.90 bits per heavy atom. The van der Waals surface area contributed by atoms with Crippen molar-refractivity contribution in [1.82, 2.24) is 10.2 Å². The van der Waals surface area contributed by atoms with E-state index in [-0.39, 0.29) is 5.75 Å². The maximum atomic E-state index is 9.79. The van der Waals surface area contributed by atoms with E-state index in [1.807, 2.05) is 24.3 Å². The maximum Gasteiger partial charge on any atom is 0.247 e. The molecular formula is C15H12ClN3O2. The number of nitrogens with zero attached hydrogens (tertiary/aromatic N) is 2. The van der Waals surface area contributed by atoms with Gasteiger partial charge in [-0.1, -0.05) is 17.7 Å². The molecule has 106 valence electrons. The average Bonchev–Trinajstić information content (AvgIpc) is 3.03. The summed E-state index contributed by atoms with van der Waals surface area (Å²) in [5.41, 5.74) is 2.43. The van der Waals surface area contributed by atoms with E-state index >= 15 is 0 Å². The van der Waals surface area contributed by atoms with E-state index in [2.05, 4.69) is 15.5 Å². The molecule has 5 nitrogen and oxygen atoms in total. The van der Waals surface area contributed by atoms with Crippen molar-refractivity contribution in [2.24, 2.45) is 0 Å². The predicted molar refractivity (Wildman–Crippen MR) is 80.2 cm³/mol. The van der Waals surface area contributed by atoms with Crippen molar-refractivity contribution in [1.29, 1.82) is 0 Å². The van der Waals surface area contributed by atoms with Crippen LogP contribution in [0.5, 0.6) is 5.75 Å². The molecule has 0 radical (unpaired) electrons. The molecule has 0 atom stereocenters. The van der Waals surface area contributed by atoms with E-state index in [0.717, 1.165) is 16.8 Å². The highest BCUT2D eigenvalue weighted by atomic mass is 35.5. The second kappa shape index (κ2) is 5.85. The van der Waals surface area contributed by atoms with E-state index in [9.17, 15) is 5.11 Å². The first kappa shape index (κ1) is 13.5. The van der Waals surface area contributed by atoms with Gasteiger partial charge in [-0.15, -0.1) is 10.2 Å². The number of aromatic nitrogens is 2. The van der Waals surface area contributed by atoms with Crippen LogP contribution in [0.15, 0.2) is 53.3 Å². The van der Waals surface area contributed by atoms with Gasteiger partial charge in [0.2, 0.25) is 12.3 Å². The van der Waals surface area contributed by atoms with Crippen molar-refractivity contribution in [3.8, 4) is 17.2 Å². The molecule has 0 amide bonds. The fraction of sp³-hybridized carbons (Fsp3) is 0.0667. The molecule has 0 aliphatic carbocycles. The van der Waals surface area contributed by atoms with E-state index in [1.165, 1.54) is 6.39 Å². The monoisotopic (exact) mass is 301 g/mol. The first-order valence-electron chi connectivity index (χ1n) is 6.30. The molecule has 0 spiro atoms. The third kappa shape index (κ3) is 3.14. The van der Waals surface area contributed by atoms with Crippen LogP contribution in [0.3, 0.4) is 0 Å². The van der Waals surface area contributed by atoms with Gasteiger partial charge in [0.15, 0.2) is 0 Å². The van der Waals surface area contributed by atoms with Gasteiger partial charge in [0.05, 0.1) is 0 Å². The molecule has 21 heavy (non-hydrogen) atoms. The SMILES string of the molecule is Oc1ccc(Cl)cc1CNc1cccc(-c2nnco2)c1. The van der Waals surface area contributed by atoms with Crippen LogP contribution in [0.25, 0.3) is 11.5 Å². The van der Waals surface area contributed by atoms with Gasteiger partial charge in [-0.05, 0) is 36.4 Å². The Labute approximate surface area is 126 Å². The fourth-order valence-corrected chi connectivity index (χ4v) is 2.15. The average molecular weight is 302 g/mol. The van der Waals surface area contributed by atoms with Gasteiger partial charge < -0.3 is 14.8 Å². The molecule has 0 saturated heterocycles. The summed E-state index contributed by atoms with van der Waals surface area (Å²) in [6.45, 7) is 0.458. The molecule has 3 aromatic rings. The quantitative estimate of drug-likeness (QED) is 0.768. The molecule has 0 fully saturated rings. The smallest absolute Gasteiger partial charge is 0.247 e. The van der Waals surface area contributed by atoms with Gasteiger partial charge in [-0.3, -0.25) is 0 Å². The minimum atomic E-state index is 0.208. The van der Waals surface area contributed by atoms with Crippen LogP contribution in [0.1, 0.15) is 5.56 Å². The number of phenolic OH excluding ortho intramolecular Hbond substituents is 1. The Balaban J connectivity index is 1.76. The summed E-state index contributed by atoms with van der Waals surface area (Å²) in [7, 11) is 0. The molecule has 1 aromatic heterocycles. The lowest BCUT2D eigenvalue weighted by atomic mass is 10.1. The molecule has 2 N–H and O–H groups in total. The summed E-state index contributed by atoms with van der Waals surface area (Å²) in [5, 5.41) is 21.1. The van der Waals surface area contributed by atoms with Crippen LogP contribution >= 0.6 is 11.6 Å². The van der Waals surface area contributed by atoms with Crippen molar-refractivity contribution >= 4 is 17.3 Å². The molecule has 3 rings (SSSR count). The molecule has 0 saturated carbocycles. The van der Waals surface area contributed by atoms with Gasteiger partial charge >= 0.3 is 0 Å². The maximum absolute atomic E-state index is 9.79. The highest BCUT2D eigenvalue weighted by Crippen LogP contribution is 2.24. The van der Waals surface area contributed by atoms with Gasteiger partial charge in [0.1, 0.15) is 5.75 Å². The number of hydrogen-bond acceptors (Lipinski definition) is 5. The van der Waals surface area contributed by atoms with Crippen molar-refractivity contribution in [2.75, 3.05) is 5.32 Å². The standard InChI is InChI=1S/C15H12ClN3O2/c16-12-4-5-14(20)11(6-12)8-17-13-3-1-2-10(7-13)15-19-18-9-21-15/h1-7,9,17,20H,8H2. The molecule has 1 heterocycles. The van der Waals surface area contributed by atoms with Crippen molar-refractivity contribution in [3.05, 3.63) is 59.4 Å². The van der Waals surface area contributed by atoms with Crippen LogP contribution in [0, 0.1) is 0 Å². The summed E-state index contributed by atoms with van der Waals surface area (Å²) in [6.07, 6.45) is 1.29. The predicted octanol–water partition coefficient (Wildman–Crippen LogP) is 3.71. The normalized spacial score (nSPS) is 10.5. The summed E-state index contributed by atoms with van der Waals surface area (Å²) in [5.74, 6) is 0.671. The molecular weight excluding hydrogens is 290 g/mol. The van der Waals surface area contributed by atoms with E-state index < -0.39 is 0 Å². The third-order valence-electron chi connectivity index (χ3n) is 2.99. The second-order valence-corrected chi connectivity index (χ2v) is 4.89. The van der Waals surface area contributed by atoms with Crippen LogP contribution in [-0.4, -0.2) is 15.3 Å². The number of hydrogen-bond donors (Lipinski definition) is 2. The van der Waals surface area contributed by atoms with Crippen LogP contribution < -0.4 is 5.32 Å². The van der Waals surface area contributed by atoms with Crippen molar-refractivity contribution in [3.63, 3.8) is 0 Å². The number of phenols is 1. The van der Waals surface area contributed by atoms with Crippen LogP contribution in [-0.2, 0) is 6.54 Å². The molecule has 0 aliphatic heterocycles. The summed E-state index contributed by atoms with van der Waals surface area (Å²) >= 11 is 5.92. The first-order valence-corrected chi connectivity index (χ1v) is 6.68. The van der Waals surface area contributed by atoms with Gasteiger partial charge in [-0.25, -0.2) is 0 Å².